The molecule has 1 aromatic carbocycles. The van der Waals surface area contributed by atoms with Crippen LogP contribution in [0.5, 0.6) is 0 Å². The van der Waals surface area contributed by atoms with Gasteiger partial charge in [-0.15, -0.1) is 11.3 Å². The zero-order valence-electron chi connectivity index (χ0n) is 14.4. The quantitative estimate of drug-likeness (QED) is 0.527. The van der Waals surface area contributed by atoms with Crippen molar-refractivity contribution in [1.82, 2.24) is 9.88 Å². The standard InChI is InChI=1S/C19H19BrN2O3S/c1-24-9-7-22(12-17-6-3-8-25-17)18(23)11-16-13-26-19(21-16)14-4-2-5-15(20)10-14/h2-6,8,10,13H,7,9,11-12H2,1H3. The Hall–Kier alpha value is -1.96. The number of halogens is 1. The lowest BCUT2D eigenvalue weighted by Gasteiger charge is -2.21. The van der Waals surface area contributed by atoms with Crippen LogP contribution in [0.2, 0.25) is 0 Å². The van der Waals surface area contributed by atoms with E-state index in [4.69, 9.17) is 9.15 Å². The summed E-state index contributed by atoms with van der Waals surface area (Å²) in [6.07, 6.45) is 1.87. The number of methoxy groups -OCH3 is 1. The molecule has 0 aliphatic carbocycles. The smallest absolute Gasteiger partial charge is 0.229 e. The van der Waals surface area contributed by atoms with Crippen LogP contribution in [-0.4, -0.2) is 36.1 Å². The number of thiazole rings is 1. The molecule has 3 aromatic rings. The van der Waals surface area contributed by atoms with Gasteiger partial charge in [0.15, 0.2) is 0 Å². The first-order valence-electron chi connectivity index (χ1n) is 8.15. The first-order chi connectivity index (χ1) is 12.7. The van der Waals surface area contributed by atoms with E-state index in [1.807, 2.05) is 41.8 Å². The van der Waals surface area contributed by atoms with E-state index in [1.54, 1.807) is 29.6 Å². The minimum Gasteiger partial charge on any atom is -0.467 e. The topological polar surface area (TPSA) is 55.6 Å². The van der Waals surface area contributed by atoms with Crippen molar-refractivity contribution in [2.45, 2.75) is 13.0 Å². The van der Waals surface area contributed by atoms with Crippen LogP contribution in [-0.2, 0) is 22.5 Å². The highest BCUT2D eigenvalue weighted by molar-refractivity contribution is 9.10. The molecule has 0 aliphatic heterocycles. The number of hydrogen-bond donors (Lipinski definition) is 0. The molecule has 0 aliphatic rings. The summed E-state index contributed by atoms with van der Waals surface area (Å²) >= 11 is 5.02. The molecule has 0 radical (unpaired) electrons. The van der Waals surface area contributed by atoms with Crippen LogP contribution in [0.4, 0.5) is 0 Å². The fourth-order valence-electron chi connectivity index (χ4n) is 2.49. The predicted molar refractivity (Wildman–Crippen MR) is 105 cm³/mol. The monoisotopic (exact) mass is 434 g/mol. The number of benzene rings is 1. The van der Waals surface area contributed by atoms with Crippen molar-refractivity contribution >= 4 is 33.2 Å². The highest BCUT2D eigenvalue weighted by Crippen LogP contribution is 2.26. The molecule has 0 atom stereocenters. The van der Waals surface area contributed by atoms with Crippen molar-refractivity contribution in [3.63, 3.8) is 0 Å². The van der Waals surface area contributed by atoms with Crippen molar-refractivity contribution in [3.8, 4) is 10.6 Å². The second-order valence-corrected chi connectivity index (χ2v) is 7.49. The lowest BCUT2D eigenvalue weighted by atomic mass is 10.2. The van der Waals surface area contributed by atoms with Gasteiger partial charge < -0.3 is 14.1 Å². The van der Waals surface area contributed by atoms with Gasteiger partial charge in [0.1, 0.15) is 10.8 Å². The number of rotatable bonds is 8. The Bertz CT molecular complexity index is 848. The third kappa shape index (κ3) is 5.03. The predicted octanol–water partition coefficient (Wildman–Crippen LogP) is 4.38. The number of amides is 1. The van der Waals surface area contributed by atoms with Crippen LogP contribution in [0, 0.1) is 0 Å². The number of nitrogens with zero attached hydrogens (tertiary/aromatic N) is 2. The maximum atomic E-state index is 12.7. The fraction of sp³-hybridized carbons (Fsp3) is 0.263. The van der Waals surface area contributed by atoms with Crippen molar-refractivity contribution in [3.05, 3.63) is 64.0 Å². The molecule has 7 heteroatoms. The SMILES string of the molecule is COCCN(Cc1ccco1)C(=O)Cc1csc(-c2cccc(Br)c2)n1. The largest absolute Gasteiger partial charge is 0.467 e. The average Bonchev–Trinajstić information content (AvgIpc) is 3.30. The second kappa shape index (κ2) is 9.12. The van der Waals surface area contributed by atoms with E-state index < -0.39 is 0 Å². The van der Waals surface area contributed by atoms with Crippen LogP contribution in [0.3, 0.4) is 0 Å². The summed E-state index contributed by atoms with van der Waals surface area (Å²) in [5.74, 6) is 0.757. The lowest BCUT2D eigenvalue weighted by molar-refractivity contribution is -0.132. The zero-order chi connectivity index (χ0) is 18.4. The fourth-order valence-corrected chi connectivity index (χ4v) is 3.71. The molecule has 0 saturated carbocycles. The molecule has 5 nitrogen and oxygen atoms in total. The van der Waals surface area contributed by atoms with Crippen LogP contribution in [0.1, 0.15) is 11.5 Å². The molecule has 0 N–H and O–H groups in total. The maximum absolute atomic E-state index is 12.7. The van der Waals surface area contributed by atoms with Crippen molar-refractivity contribution in [1.29, 1.82) is 0 Å². The number of hydrogen-bond acceptors (Lipinski definition) is 5. The van der Waals surface area contributed by atoms with Gasteiger partial charge in [0.25, 0.3) is 0 Å². The average molecular weight is 435 g/mol. The van der Waals surface area contributed by atoms with Gasteiger partial charge in [0.05, 0.1) is 31.5 Å². The molecule has 2 aromatic heterocycles. The maximum Gasteiger partial charge on any atom is 0.229 e. The van der Waals surface area contributed by atoms with E-state index in [2.05, 4.69) is 20.9 Å². The van der Waals surface area contributed by atoms with Gasteiger partial charge in [0, 0.05) is 29.1 Å². The molecule has 0 unspecified atom stereocenters. The molecule has 0 spiro atoms. The molecule has 0 fully saturated rings. The van der Waals surface area contributed by atoms with Gasteiger partial charge in [-0.25, -0.2) is 4.98 Å². The summed E-state index contributed by atoms with van der Waals surface area (Å²) in [4.78, 5) is 19.1. The van der Waals surface area contributed by atoms with Gasteiger partial charge in [-0.3, -0.25) is 4.79 Å². The van der Waals surface area contributed by atoms with E-state index >= 15 is 0 Å². The summed E-state index contributed by atoms with van der Waals surface area (Å²) in [6, 6.07) is 11.7. The Morgan fingerprint density at radius 2 is 2.23 bits per heavy atom. The summed E-state index contributed by atoms with van der Waals surface area (Å²) in [6.45, 7) is 1.42. The Balaban J connectivity index is 1.68. The highest BCUT2D eigenvalue weighted by Gasteiger charge is 2.17. The van der Waals surface area contributed by atoms with E-state index in [1.165, 1.54) is 0 Å². The molecule has 3 rings (SSSR count). The van der Waals surface area contributed by atoms with E-state index in [0.717, 1.165) is 26.5 Å². The molecule has 2 heterocycles. The van der Waals surface area contributed by atoms with E-state index in [0.29, 0.717) is 19.7 Å². The molecule has 0 saturated heterocycles. The van der Waals surface area contributed by atoms with Crippen molar-refractivity contribution < 1.29 is 13.9 Å². The zero-order valence-corrected chi connectivity index (χ0v) is 16.8. The molecule has 0 bridgehead atoms. The third-order valence-electron chi connectivity index (χ3n) is 3.80. The van der Waals surface area contributed by atoms with Crippen molar-refractivity contribution in [2.24, 2.45) is 0 Å². The lowest BCUT2D eigenvalue weighted by Crippen LogP contribution is -2.34. The molecule has 26 heavy (non-hydrogen) atoms. The number of aromatic nitrogens is 1. The number of ether oxygens (including phenoxy) is 1. The Morgan fingerprint density at radius 1 is 1.35 bits per heavy atom. The number of carbonyl (C=O) groups excluding carboxylic acids is 1. The molecular formula is C19H19BrN2O3S. The third-order valence-corrected chi connectivity index (χ3v) is 5.23. The second-order valence-electron chi connectivity index (χ2n) is 5.72. The Morgan fingerprint density at radius 3 is 2.96 bits per heavy atom. The molecule has 136 valence electrons. The Kier molecular flexibility index (Phi) is 6.60. The number of carbonyl (C=O) groups is 1. The van der Waals surface area contributed by atoms with Gasteiger partial charge in [-0.2, -0.15) is 0 Å². The van der Waals surface area contributed by atoms with E-state index in [9.17, 15) is 4.79 Å². The summed E-state index contributed by atoms with van der Waals surface area (Å²) in [7, 11) is 1.63. The van der Waals surface area contributed by atoms with Gasteiger partial charge >= 0.3 is 0 Å². The number of furan rings is 1. The summed E-state index contributed by atoms with van der Waals surface area (Å²) < 4.78 is 11.5. The van der Waals surface area contributed by atoms with Crippen LogP contribution < -0.4 is 0 Å². The first-order valence-corrected chi connectivity index (χ1v) is 9.82. The minimum absolute atomic E-state index is 0.00421. The summed E-state index contributed by atoms with van der Waals surface area (Å²) in [5.41, 5.74) is 1.81. The van der Waals surface area contributed by atoms with Crippen LogP contribution in [0.15, 0.2) is 56.9 Å². The van der Waals surface area contributed by atoms with Gasteiger partial charge in [0.2, 0.25) is 5.91 Å². The van der Waals surface area contributed by atoms with Crippen LogP contribution >= 0.6 is 27.3 Å². The first kappa shape index (κ1) is 18.8. The summed E-state index contributed by atoms with van der Waals surface area (Å²) in [5, 5.41) is 2.85. The minimum atomic E-state index is 0.00421. The van der Waals surface area contributed by atoms with Gasteiger partial charge in [-0.05, 0) is 24.3 Å². The Labute approximate surface area is 164 Å². The van der Waals surface area contributed by atoms with Crippen molar-refractivity contribution in [2.75, 3.05) is 20.3 Å². The highest BCUT2D eigenvalue weighted by atomic mass is 79.9. The van der Waals surface area contributed by atoms with Crippen LogP contribution in [0.25, 0.3) is 10.6 Å². The van der Waals surface area contributed by atoms with E-state index in [-0.39, 0.29) is 12.3 Å². The molecular weight excluding hydrogens is 416 g/mol. The molecule has 1 amide bonds. The normalized spacial score (nSPS) is 10.8. The van der Waals surface area contributed by atoms with Gasteiger partial charge in [-0.1, -0.05) is 28.1 Å².